The largest absolute Gasteiger partial charge is 0.488 e. The van der Waals surface area contributed by atoms with Gasteiger partial charge in [-0.1, -0.05) is 34.6 Å². The molecule has 1 saturated heterocycles. The van der Waals surface area contributed by atoms with Crippen LogP contribution in [0.2, 0.25) is 0 Å². The Balaban J connectivity index is 0. The van der Waals surface area contributed by atoms with Crippen molar-refractivity contribution in [3.8, 4) is 0 Å². The molecule has 0 aromatic carbocycles. The zero-order chi connectivity index (χ0) is 18.6. The van der Waals surface area contributed by atoms with E-state index in [1.165, 1.54) is 7.69 Å². The Labute approximate surface area is 168 Å². The summed E-state index contributed by atoms with van der Waals surface area (Å²) in [5, 5.41) is 0. The van der Waals surface area contributed by atoms with E-state index < -0.39 is 0 Å². The van der Waals surface area contributed by atoms with Gasteiger partial charge in [-0.3, -0.25) is 0 Å². The summed E-state index contributed by atoms with van der Waals surface area (Å²) in [4.78, 5) is 0. The molecular formula is C19H41BIrO2P. The SMILES string of the molecule is CC1(C)O[B]OC1(C)C.CC1C(C)C(C)C(C)C1C.CP(C)C.[Ir]. The molecule has 5 heteroatoms. The third kappa shape index (κ3) is 7.75. The van der Waals surface area contributed by atoms with Gasteiger partial charge in [-0.2, -0.15) is 0 Å². The van der Waals surface area contributed by atoms with Gasteiger partial charge >= 0.3 is 7.69 Å². The molecule has 2 aliphatic rings. The molecule has 1 saturated carbocycles. The fourth-order valence-corrected chi connectivity index (χ4v) is 2.94. The smallest absolute Gasteiger partial charge is 0.405 e. The normalized spacial score (nSPS) is 35.8. The van der Waals surface area contributed by atoms with Crippen LogP contribution in [0.1, 0.15) is 62.3 Å². The molecule has 0 N–H and O–H groups in total. The van der Waals surface area contributed by atoms with Crippen molar-refractivity contribution in [2.45, 2.75) is 73.5 Å². The molecule has 0 atom stereocenters. The van der Waals surface area contributed by atoms with Crippen LogP contribution in [0, 0.1) is 29.6 Å². The summed E-state index contributed by atoms with van der Waals surface area (Å²) >= 11 is 0. The van der Waals surface area contributed by atoms with Gasteiger partial charge in [0.05, 0.1) is 11.2 Å². The van der Waals surface area contributed by atoms with E-state index in [0.717, 1.165) is 29.6 Å². The summed E-state index contributed by atoms with van der Waals surface area (Å²) in [6, 6.07) is 0. The predicted octanol–water partition coefficient (Wildman–Crippen LogP) is 5.66. The predicted molar refractivity (Wildman–Crippen MR) is 107 cm³/mol. The first-order valence-corrected chi connectivity index (χ1v) is 11.7. The van der Waals surface area contributed by atoms with E-state index in [1.54, 1.807) is 0 Å². The maximum Gasteiger partial charge on any atom is 0.488 e. The molecule has 0 unspecified atom stereocenters. The molecule has 24 heavy (non-hydrogen) atoms. The van der Waals surface area contributed by atoms with Crippen molar-refractivity contribution >= 4 is 15.6 Å². The second-order valence-corrected chi connectivity index (χ2v) is 11.7. The summed E-state index contributed by atoms with van der Waals surface area (Å²) in [5.74, 6) is 4.68. The topological polar surface area (TPSA) is 18.5 Å². The fourth-order valence-electron chi connectivity index (χ4n) is 2.94. The van der Waals surface area contributed by atoms with E-state index in [1.807, 2.05) is 27.7 Å². The first-order chi connectivity index (χ1) is 10.2. The quantitative estimate of drug-likeness (QED) is 0.295. The molecule has 0 amide bonds. The zero-order valence-corrected chi connectivity index (χ0v) is 21.4. The van der Waals surface area contributed by atoms with Crippen LogP contribution in [0.5, 0.6) is 0 Å². The van der Waals surface area contributed by atoms with Gasteiger partial charge in [-0.15, -0.1) is 7.92 Å². The summed E-state index contributed by atoms with van der Waals surface area (Å²) in [6.07, 6.45) is 0. The fraction of sp³-hybridized carbons (Fsp3) is 1.00. The van der Waals surface area contributed by atoms with Crippen molar-refractivity contribution in [2.24, 2.45) is 29.6 Å². The van der Waals surface area contributed by atoms with Crippen LogP contribution in [0.3, 0.4) is 0 Å². The van der Waals surface area contributed by atoms with Crippen molar-refractivity contribution in [1.29, 1.82) is 0 Å². The molecule has 146 valence electrons. The average Bonchev–Trinajstić information content (AvgIpc) is 2.74. The molecule has 0 spiro atoms. The van der Waals surface area contributed by atoms with Gasteiger partial charge in [0.1, 0.15) is 0 Å². The van der Waals surface area contributed by atoms with Crippen LogP contribution in [-0.2, 0) is 29.4 Å². The summed E-state index contributed by atoms with van der Waals surface area (Å²) in [6.45, 7) is 26.7. The van der Waals surface area contributed by atoms with Crippen LogP contribution >= 0.6 is 7.92 Å². The molecule has 0 bridgehead atoms. The number of hydrogen-bond acceptors (Lipinski definition) is 2. The van der Waals surface area contributed by atoms with Gasteiger partial charge in [0.25, 0.3) is 0 Å². The van der Waals surface area contributed by atoms with Gasteiger partial charge in [-0.05, 0) is 77.3 Å². The van der Waals surface area contributed by atoms with Crippen molar-refractivity contribution in [1.82, 2.24) is 0 Å². The minimum absolute atomic E-state index is 0. The minimum Gasteiger partial charge on any atom is -0.405 e. The van der Waals surface area contributed by atoms with E-state index >= 15 is 0 Å². The third-order valence-corrected chi connectivity index (χ3v) is 6.28. The van der Waals surface area contributed by atoms with E-state index in [-0.39, 0.29) is 31.3 Å². The monoisotopic (exact) mass is 536 g/mol. The van der Waals surface area contributed by atoms with Crippen molar-refractivity contribution in [2.75, 3.05) is 20.0 Å². The van der Waals surface area contributed by atoms with Crippen LogP contribution in [-0.4, -0.2) is 38.9 Å². The summed E-state index contributed by atoms with van der Waals surface area (Å²) in [5.41, 5.74) is -0.375. The van der Waals surface area contributed by atoms with Gasteiger partial charge < -0.3 is 9.31 Å². The minimum atomic E-state index is -0.188. The Morgan fingerprint density at radius 1 is 0.625 bits per heavy atom. The van der Waals surface area contributed by atoms with E-state index in [2.05, 4.69) is 54.6 Å². The Morgan fingerprint density at radius 3 is 0.875 bits per heavy atom. The van der Waals surface area contributed by atoms with Crippen molar-refractivity contribution in [3.63, 3.8) is 0 Å². The second kappa shape index (κ2) is 11.0. The van der Waals surface area contributed by atoms with Gasteiger partial charge in [0, 0.05) is 20.1 Å². The van der Waals surface area contributed by atoms with Crippen LogP contribution in [0.15, 0.2) is 0 Å². The van der Waals surface area contributed by atoms with Crippen LogP contribution in [0.4, 0.5) is 0 Å². The summed E-state index contributed by atoms with van der Waals surface area (Å²) in [7, 11) is 1.80. The molecule has 2 rings (SSSR count). The van der Waals surface area contributed by atoms with E-state index in [4.69, 9.17) is 9.31 Å². The van der Waals surface area contributed by atoms with Crippen molar-refractivity contribution in [3.05, 3.63) is 0 Å². The first-order valence-electron chi connectivity index (χ1n) is 9.02. The molecule has 2 fully saturated rings. The van der Waals surface area contributed by atoms with Crippen LogP contribution < -0.4 is 0 Å². The molecule has 1 heterocycles. The number of hydrogen-bond donors (Lipinski definition) is 0. The average molecular weight is 536 g/mol. The maximum absolute atomic E-state index is 5.21. The second-order valence-electron chi connectivity index (χ2n) is 8.99. The molecule has 1 aliphatic carbocycles. The third-order valence-electron chi connectivity index (χ3n) is 6.28. The van der Waals surface area contributed by atoms with E-state index in [0.29, 0.717) is 7.92 Å². The molecule has 2 nitrogen and oxygen atoms in total. The standard InChI is InChI=1S/C10H20.C6H12BO2.C3H9P.Ir/c1-6-7(2)9(4)10(5)8(6)3;1-5(2)6(3,4)9-7-8-5;1-4(2)3;/h6-10H,1-5H3;1-4H3;1-3H3;. The van der Waals surface area contributed by atoms with Crippen molar-refractivity contribution < 1.29 is 29.4 Å². The zero-order valence-electron chi connectivity index (χ0n) is 18.1. The molecule has 1 aliphatic heterocycles. The van der Waals surface area contributed by atoms with Gasteiger partial charge in [0.2, 0.25) is 0 Å². The van der Waals surface area contributed by atoms with E-state index in [9.17, 15) is 0 Å². The first kappa shape index (κ1) is 27.3. The maximum atomic E-state index is 5.21. The summed E-state index contributed by atoms with van der Waals surface area (Å²) < 4.78 is 10.4. The molecular weight excluding hydrogens is 494 g/mol. The Morgan fingerprint density at radius 2 is 0.792 bits per heavy atom. The van der Waals surface area contributed by atoms with Crippen LogP contribution in [0.25, 0.3) is 0 Å². The Hall–Kier alpha value is 1.06. The number of rotatable bonds is 0. The molecule has 0 aromatic rings. The molecule has 0 aromatic heterocycles. The van der Waals surface area contributed by atoms with Gasteiger partial charge in [0.15, 0.2) is 0 Å². The Bertz CT molecular complexity index is 289. The van der Waals surface area contributed by atoms with Gasteiger partial charge in [-0.25, -0.2) is 0 Å². The Kier molecular flexibility index (Phi) is 12.5. The molecule has 2 radical (unpaired) electrons.